The van der Waals surface area contributed by atoms with Gasteiger partial charge in [0.15, 0.2) is 0 Å². The van der Waals surface area contributed by atoms with Gasteiger partial charge in [0.25, 0.3) is 0 Å². The number of rotatable bonds is 2. The molecular formula is C17H28N2O. The van der Waals surface area contributed by atoms with Crippen LogP contribution in [0.1, 0.15) is 51.9 Å². The average molecular weight is 276 g/mol. The molecule has 3 heteroatoms. The Morgan fingerprint density at radius 3 is 2.50 bits per heavy atom. The largest absolute Gasteiger partial charge is 0.342 e. The quantitative estimate of drug-likeness (QED) is 0.842. The van der Waals surface area contributed by atoms with Crippen molar-refractivity contribution < 1.29 is 4.79 Å². The number of hydrogen-bond acceptors (Lipinski definition) is 2. The van der Waals surface area contributed by atoms with Crippen LogP contribution in [0.2, 0.25) is 0 Å². The molecule has 0 radical (unpaired) electrons. The van der Waals surface area contributed by atoms with E-state index in [2.05, 4.69) is 11.8 Å². The summed E-state index contributed by atoms with van der Waals surface area (Å²) >= 11 is 0. The first-order valence-electron chi connectivity index (χ1n) is 8.51. The van der Waals surface area contributed by atoms with Gasteiger partial charge in [0.2, 0.25) is 5.91 Å². The maximum atomic E-state index is 13.2. The van der Waals surface area contributed by atoms with Crippen molar-refractivity contribution >= 4 is 5.91 Å². The Labute approximate surface area is 122 Å². The third-order valence-corrected chi connectivity index (χ3v) is 6.71. The molecule has 5 fully saturated rings. The molecule has 112 valence electrons. The smallest absolute Gasteiger partial charge is 0.228 e. The van der Waals surface area contributed by atoms with Gasteiger partial charge in [-0.05, 0) is 74.7 Å². The van der Waals surface area contributed by atoms with Crippen LogP contribution in [0.15, 0.2) is 0 Å². The molecule has 5 aliphatic rings. The molecule has 1 amide bonds. The minimum Gasteiger partial charge on any atom is -0.342 e. The zero-order valence-electron chi connectivity index (χ0n) is 12.7. The second-order valence-corrected chi connectivity index (χ2v) is 8.69. The first kappa shape index (κ1) is 13.1. The summed E-state index contributed by atoms with van der Waals surface area (Å²) in [6.45, 7) is 5.05. The Morgan fingerprint density at radius 2 is 1.95 bits per heavy atom. The molecule has 0 aromatic carbocycles. The van der Waals surface area contributed by atoms with E-state index in [0.717, 1.165) is 44.3 Å². The molecule has 0 aromatic heterocycles. The molecule has 5 rings (SSSR count). The summed E-state index contributed by atoms with van der Waals surface area (Å²) < 4.78 is 0. The Hall–Kier alpha value is -0.570. The van der Waals surface area contributed by atoms with Crippen molar-refractivity contribution in [1.29, 1.82) is 0 Å². The van der Waals surface area contributed by atoms with Gasteiger partial charge < -0.3 is 10.6 Å². The van der Waals surface area contributed by atoms with E-state index in [1.54, 1.807) is 0 Å². The van der Waals surface area contributed by atoms with E-state index in [4.69, 9.17) is 5.73 Å². The summed E-state index contributed by atoms with van der Waals surface area (Å²) in [5.74, 6) is 2.70. The Morgan fingerprint density at radius 1 is 1.25 bits per heavy atom. The molecule has 2 N–H and O–H groups in total. The minimum atomic E-state index is 0.0162. The lowest BCUT2D eigenvalue weighted by Gasteiger charge is -2.61. The van der Waals surface area contributed by atoms with Gasteiger partial charge in [0.05, 0.1) is 5.41 Å². The van der Waals surface area contributed by atoms with E-state index in [9.17, 15) is 4.79 Å². The van der Waals surface area contributed by atoms with E-state index < -0.39 is 0 Å². The van der Waals surface area contributed by atoms with Gasteiger partial charge in [-0.2, -0.15) is 0 Å². The molecule has 0 spiro atoms. The zero-order valence-corrected chi connectivity index (χ0v) is 12.7. The summed E-state index contributed by atoms with van der Waals surface area (Å²) in [6, 6.07) is 0. The van der Waals surface area contributed by atoms with Crippen LogP contribution in [0.25, 0.3) is 0 Å². The summed E-state index contributed by atoms with van der Waals surface area (Å²) in [5, 5.41) is 0. The third kappa shape index (κ3) is 1.85. The first-order chi connectivity index (χ1) is 9.52. The number of likely N-dealkylation sites (tertiary alicyclic amines) is 1. The Kier molecular flexibility index (Phi) is 2.77. The molecule has 4 aliphatic carbocycles. The van der Waals surface area contributed by atoms with Crippen molar-refractivity contribution in [2.45, 2.75) is 51.9 Å². The Balaban J connectivity index is 1.57. The van der Waals surface area contributed by atoms with Gasteiger partial charge in [-0.15, -0.1) is 0 Å². The lowest BCUT2D eigenvalue weighted by atomic mass is 9.44. The van der Waals surface area contributed by atoms with Crippen LogP contribution in [0.4, 0.5) is 0 Å². The molecule has 1 heterocycles. The second-order valence-electron chi connectivity index (χ2n) is 8.69. The van der Waals surface area contributed by atoms with Crippen molar-refractivity contribution in [2.24, 2.45) is 34.3 Å². The highest BCUT2D eigenvalue weighted by atomic mass is 16.2. The predicted molar refractivity (Wildman–Crippen MR) is 79.0 cm³/mol. The van der Waals surface area contributed by atoms with Crippen LogP contribution in [0.5, 0.6) is 0 Å². The van der Waals surface area contributed by atoms with E-state index in [1.165, 1.54) is 32.1 Å². The number of nitrogens with two attached hydrogens (primary N) is 1. The maximum Gasteiger partial charge on any atom is 0.228 e. The van der Waals surface area contributed by atoms with E-state index in [-0.39, 0.29) is 5.41 Å². The normalized spacial score (nSPS) is 49.9. The summed E-state index contributed by atoms with van der Waals surface area (Å²) in [5.41, 5.74) is 6.27. The van der Waals surface area contributed by atoms with Gasteiger partial charge in [0, 0.05) is 13.1 Å². The molecule has 4 saturated carbocycles. The van der Waals surface area contributed by atoms with Crippen LogP contribution in [0, 0.1) is 28.6 Å². The highest BCUT2D eigenvalue weighted by Gasteiger charge is 2.59. The lowest BCUT2D eigenvalue weighted by molar-refractivity contribution is -0.165. The van der Waals surface area contributed by atoms with Crippen LogP contribution in [0.3, 0.4) is 0 Å². The van der Waals surface area contributed by atoms with Gasteiger partial charge >= 0.3 is 0 Å². The van der Waals surface area contributed by atoms with Crippen LogP contribution in [-0.4, -0.2) is 30.4 Å². The highest BCUT2D eigenvalue weighted by Crippen LogP contribution is 2.65. The number of carbonyl (C=O) groups is 1. The van der Waals surface area contributed by atoms with Gasteiger partial charge in [-0.1, -0.05) is 6.92 Å². The van der Waals surface area contributed by atoms with Gasteiger partial charge in [-0.3, -0.25) is 4.79 Å². The molecule has 20 heavy (non-hydrogen) atoms. The molecule has 3 unspecified atom stereocenters. The first-order valence-corrected chi connectivity index (χ1v) is 8.51. The molecule has 3 atom stereocenters. The Bertz CT molecular complexity index is 419. The average Bonchev–Trinajstić information content (AvgIpc) is 2.83. The summed E-state index contributed by atoms with van der Waals surface area (Å²) in [7, 11) is 0. The number of amides is 1. The van der Waals surface area contributed by atoms with E-state index >= 15 is 0 Å². The van der Waals surface area contributed by atoms with Crippen molar-refractivity contribution in [1.82, 2.24) is 4.90 Å². The summed E-state index contributed by atoms with van der Waals surface area (Å²) in [4.78, 5) is 15.3. The van der Waals surface area contributed by atoms with Crippen molar-refractivity contribution in [2.75, 3.05) is 19.6 Å². The fraction of sp³-hybridized carbons (Fsp3) is 0.941. The number of nitrogens with zero attached hydrogens (tertiary/aromatic N) is 1. The lowest BCUT2D eigenvalue weighted by Crippen LogP contribution is -2.57. The van der Waals surface area contributed by atoms with Crippen LogP contribution >= 0.6 is 0 Å². The molecular weight excluding hydrogens is 248 g/mol. The predicted octanol–water partition coefficient (Wildman–Crippen LogP) is 2.40. The van der Waals surface area contributed by atoms with Crippen molar-refractivity contribution in [3.05, 3.63) is 0 Å². The topological polar surface area (TPSA) is 46.3 Å². The molecule has 1 saturated heterocycles. The standard InChI is InChI=1S/C17H28N2O/c1-16-5-13-4-14(6-16)8-17(7-13,11-16)15(20)19-3-2-12(9-18)10-19/h12-14H,2-11,18H2,1H3. The fourth-order valence-electron chi connectivity index (χ4n) is 6.52. The van der Waals surface area contributed by atoms with Crippen LogP contribution in [-0.2, 0) is 4.79 Å². The molecule has 4 bridgehead atoms. The third-order valence-electron chi connectivity index (χ3n) is 6.71. The summed E-state index contributed by atoms with van der Waals surface area (Å²) in [6.07, 6.45) is 8.80. The second kappa shape index (κ2) is 4.22. The fourth-order valence-corrected chi connectivity index (χ4v) is 6.52. The van der Waals surface area contributed by atoms with Gasteiger partial charge in [-0.25, -0.2) is 0 Å². The minimum absolute atomic E-state index is 0.0162. The van der Waals surface area contributed by atoms with Crippen molar-refractivity contribution in [3.63, 3.8) is 0 Å². The van der Waals surface area contributed by atoms with E-state index in [1.807, 2.05) is 0 Å². The highest BCUT2D eigenvalue weighted by molar-refractivity contribution is 5.83. The molecule has 1 aliphatic heterocycles. The molecule has 3 nitrogen and oxygen atoms in total. The monoisotopic (exact) mass is 276 g/mol. The van der Waals surface area contributed by atoms with Gasteiger partial charge in [0.1, 0.15) is 0 Å². The van der Waals surface area contributed by atoms with E-state index in [0.29, 0.717) is 17.2 Å². The number of carbonyl (C=O) groups excluding carboxylic acids is 1. The maximum absolute atomic E-state index is 13.2. The number of hydrogen-bond donors (Lipinski definition) is 1. The SMILES string of the molecule is CC12CC3CC(C1)CC(C(=O)N1CCC(CN)C1)(C3)C2. The van der Waals surface area contributed by atoms with Crippen LogP contribution < -0.4 is 5.73 Å². The molecule has 0 aromatic rings. The zero-order chi connectivity index (χ0) is 14.0. The van der Waals surface area contributed by atoms with Crippen molar-refractivity contribution in [3.8, 4) is 0 Å².